The minimum absolute atomic E-state index is 0.0207. The van der Waals surface area contributed by atoms with Gasteiger partial charge in [0.15, 0.2) is 0 Å². The van der Waals surface area contributed by atoms with Gasteiger partial charge in [-0.1, -0.05) is 24.3 Å². The van der Waals surface area contributed by atoms with Crippen LogP contribution in [-0.2, 0) is 0 Å². The highest BCUT2D eigenvalue weighted by atomic mass is 16.6. The van der Waals surface area contributed by atoms with E-state index in [0.717, 1.165) is 5.56 Å². The number of nitro groups is 1. The van der Waals surface area contributed by atoms with Gasteiger partial charge in [-0.25, -0.2) is 4.79 Å². The molecule has 2 N–H and O–H groups in total. The molecule has 0 spiro atoms. The van der Waals surface area contributed by atoms with E-state index in [9.17, 15) is 14.9 Å². The summed E-state index contributed by atoms with van der Waals surface area (Å²) in [5, 5.41) is 10.8. The molecule has 94 valence electrons. The van der Waals surface area contributed by atoms with Crippen molar-refractivity contribution < 1.29 is 4.92 Å². The molecule has 2 aromatic carbocycles. The number of nitrogens with zero attached hydrogens (tertiary/aromatic N) is 1. The van der Waals surface area contributed by atoms with Gasteiger partial charge in [0, 0.05) is 17.7 Å². The number of H-pyrrole nitrogens is 2. The van der Waals surface area contributed by atoms with Crippen LogP contribution in [0, 0.1) is 10.1 Å². The molecule has 0 aliphatic carbocycles. The molecule has 1 heterocycles. The summed E-state index contributed by atoms with van der Waals surface area (Å²) in [6.07, 6.45) is 0. The van der Waals surface area contributed by atoms with Gasteiger partial charge in [-0.3, -0.25) is 10.1 Å². The molecule has 0 amide bonds. The first kappa shape index (κ1) is 11.2. The third kappa shape index (κ3) is 1.89. The first-order valence-corrected chi connectivity index (χ1v) is 5.61. The summed E-state index contributed by atoms with van der Waals surface area (Å²) < 4.78 is 0. The van der Waals surface area contributed by atoms with E-state index in [2.05, 4.69) is 9.97 Å². The average molecular weight is 255 g/mol. The zero-order valence-electron chi connectivity index (χ0n) is 9.71. The van der Waals surface area contributed by atoms with E-state index in [0.29, 0.717) is 16.6 Å². The molecule has 0 saturated carbocycles. The van der Waals surface area contributed by atoms with Crippen LogP contribution in [0.25, 0.3) is 22.2 Å². The summed E-state index contributed by atoms with van der Waals surface area (Å²) in [7, 11) is 0. The molecule has 3 aromatic rings. The number of aromatic amines is 2. The van der Waals surface area contributed by atoms with Crippen LogP contribution in [0.4, 0.5) is 5.69 Å². The largest absolute Gasteiger partial charge is 0.323 e. The summed E-state index contributed by atoms with van der Waals surface area (Å²) >= 11 is 0. The molecule has 19 heavy (non-hydrogen) atoms. The fourth-order valence-electron chi connectivity index (χ4n) is 2.09. The van der Waals surface area contributed by atoms with Crippen LogP contribution in [0.3, 0.4) is 0 Å². The number of nitrogens with one attached hydrogen (secondary N) is 2. The van der Waals surface area contributed by atoms with Crippen molar-refractivity contribution in [3.63, 3.8) is 0 Å². The summed E-state index contributed by atoms with van der Waals surface area (Å²) in [5.41, 5.74) is 2.48. The molecule has 0 radical (unpaired) electrons. The van der Waals surface area contributed by atoms with Gasteiger partial charge in [0.2, 0.25) is 0 Å². The Morgan fingerprint density at radius 3 is 2.63 bits per heavy atom. The number of fused-ring (bicyclic) bond motifs is 1. The van der Waals surface area contributed by atoms with Crippen LogP contribution in [0.15, 0.2) is 47.3 Å². The SMILES string of the molecule is O=c1[nH]c2cccc(-c3cccc([N+](=O)[O-])c3)c2[nH]1. The summed E-state index contributed by atoms with van der Waals surface area (Å²) in [5.74, 6) is 0. The average Bonchev–Trinajstić information content (AvgIpc) is 2.78. The predicted octanol–water partition coefficient (Wildman–Crippen LogP) is 2.43. The Bertz CT molecular complexity index is 832. The molecule has 0 aliphatic rings. The third-order valence-corrected chi connectivity index (χ3v) is 2.92. The molecule has 0 bridgehead atoms. The summed E-state index contributed by atoms with van der Waals surface area (Å²) in [6.45, 7) is 0. The number of para-hydroxylation sites is 1. The van der Waals surface area contributed by atoms with E-state index in [4.69, 9.17) is 0 Å². The fourth-order valence-corrected chi connectivity index (χ4v) is 2.09. The molecular weight excluding hydrogens is 246 g/mol. The lowest BCUT2D eigenvalue weighted by Gasteiger charge is -2.02. The number of hydrogen-bond acceptors (Lipinski definition) is 3. The number of nitro benzene ring substituents is 1. The second-order valence-electron chi connectivity index (χ2n) is 4.11. The Hall–Kier alpha value is -2.89. The van der Waals surface area contributed by atoms with E-state index in [1.807, 2.05) is 6.07 Å². The van der Waals surface area contributed by atoms with Crippen LogP contribution < -0.4 is 5.69 Å². The smallest absolute Gasteiger partial charge is 0.306 e. The van der Waals surface area contributed by atoms with Gasteiger partial charge < -0.3 is 9.97 Å². The van der Waals surface area contributed by atoms with Gasteiger partial charge in [-0.2, -0.15) is 0 Å². The zero-order valence-corrected chi connectivity index (χ0v) is 9.71. The maximum atomic E-state index is 11.3. The number of hydrogen-bond donors (Lipinski definition) is 2. The van der Waals surface area contributed by atoms with Crippen molar-refractivity contribution in [2.75, 3.05) is 0 Å². The van der Waals surface area contributed by atoms with Crippen LogP contribution >= 0.6 is 0 Å². The van der Waals surface area contributed by atoms with E-state index < -0.39 is 4.92 Å². The number of non-ortho nitro benzene ring substituents is 1. The summed E-state index contributed by atoms with van der Waals surface area (Å²) in [6, 6.07) is 11.7. The molecule has 6 nitrogen and oxygen atoms in total. The van der Waals surface area contributed by atoms with Crippen LogP contribution in [-0.4, -0.2) is 14.9 Å². The first-order valence-electron chi connectivity index (χ1n) is 5.61. The maximum absolute atomic E-state index is 11.3. The van der Waals surface area contributed by atoms with Crippen LogP contribution in [0.2, 0.25) is 0 Å². The highest BCUT2D eigenvalue weighted by Gasteiger charge is 2.10. The highest BCUT2D eigenvalue weighted by Crippen LogP contribution is 2.28. The number of benzene rings is 2. The lowest BCUT2D eigenvalue weighted by atomic mass is 10.0. The first-order chi connectivity index (χ1) is 9.15. The number of rotatable bonds is 2. The van der Waals surface area contributed by atoms with Crippen molar-refractivity contribution >= 4 is 16.7 Å². The van der Waals surface area contributed by atoms with Crippen molar-refractivity contribution in [2.45, 2.75) is 0 Å². The topological polar surface area (TPSA) is 91.8 Å². The zero-order chi connectivity index (χ0) is 13.4. The van der Waals surface area contributed by atoms with Crippen LogP contribution in [0.5, 0.6) is 0 Å². The van der Waals surface area contributed by atoms with Gasteiger partial charge in [-0.05, 0) is 11.6 Å². The second-order valence-corrected chi connectivity index (χ2v) is 4.11. The molecule has 0 aliphatic heterocycles. The lowest BCUT2D eigenvalue weighted by Crippen LogP contribution is -1.99. The second kappa shape index (κ2) is 4.09. The van der Waals surface area contributed by atoms with Crippen LogP contribution in [0.1, 0.15) is 0 Å². The molecule has 6 heteroatoms. The quantitative estimate of drug-likeness (QED) is 0.544. The minimum Gasteiger partial charge on any atom is -0.306 e. The Kier molecular flexibility index (Phi) is 2.42. The van der Waals surface area contributed by atoms with Gasteiger partial charge in [-0.15, -0.1) is 0 Å². The van der Waals surface area contributed by atoms with Crippen molar-refractivity contribution in [2.24, 2.45) is 0 Å². The minimum atomic E-state index is -0.441. The monoisotopic (exact) mass is 255 g/mol. The van der Waals surface area contributed by atoms with Crippen molar-refractivity contribution in [3.8, 4) is 11.1 Å². The van der Waals surface area contributed by atoms with Gasteiger partial charge in [0.05, 0.1) is 16.0 Å². The Balaban J connectivity index is 2.27. The molecule has 3 rings (SSSR count). The molecule has 0 saturated heterocycles. The maximum Gasteiger partial charge on any atom is 0.323 e. The van der Waals surface area contributed by atoms with E-state index in [-0.39, 0.29) is 11.4 Å². The van der Waals surface area contributed by atoms with E-state index >= 15 is 0 Å². The van der Waals surface area contributed by atoms with Gasteiger partial charge in [0.1, 0.15) is 0 Å². The van der Waals surface area contributed by atoms with Crippen molar-refractivity contribution in [3.05, 3.63) is 63.1 Å². The van der Waals surface area contributed by atoms with Gasteiger partial charge >= 0.3 is 5.69 Å². The molecule has 0 atom stereocenters. The normalized spacial score (nSPS) is 10.7. The fraction of sp³-hybridized carbons (Fsp3) is 0. The Morgan fingerprint density at radius 2 is 1.84 bits per heavy atom. The van der Waals surface area contributed by atoms with E-state index in [1.165, 1.54) is 12.1 Å². The molecule has 1 aromatic heterocycles. The lowest BCUT2D eigenvalue weighted by molar-refractivity contribution is -0.384. The summed E-state index contributed by atoms with van der Waals surface area (Å²) in [4.78, 5) is 27.0. The van der Waals surface area contributed by atoms with Gasteiger partial charge in [0.25, 0.3) is 5.69 Å². The molecular formula is C13H9N3O3. The van der Waals surface area contributed by atoms with Crippen molar-refractivity contribution in [1.29, 1.82) is 0 Å². The highest BCUT2D eigenvalue weighted by molar-refractivity contribution is 5.91. The van der Waals surface area contributed by atoms with E-state index in [1.54, 1.807) is 24.3 Å². The standard InChI is InChI=1S/C13H9N3O3/c17-13-14-11-6-2-5-10(12(11)15-13)8-3-1-4-9(7-8)16(18)19/h1-7H,(H2,14,15,17). The number of aromatic nitrogens is 2. The third-order valence-electron chi connectivity index (χ3n) is 2.92. The molecule has 0 fully saturated rings. The predicted molar refractivity (Wildman–Crippen MR) is 71.0 cm³/mol. The van der Waals surface area contributed by atoms with Crippen molar-refractivity contribution in [1.82, 2.24) is 9.97 Å². The Labute approximate surface area is 106 Å². The molecule has 0 unspecified atom stereocenters. The Morgan fingerprint density at radius 1 is 1.05 bits per heavy atom. The number of imidazole rings is 1.